The number of nitrogens with zero attached hydrogens (tertiary/aromatic N) is 2. The second kappa shape index (κ2) is 9.08. The van der Waals surface area contributed by atoms with Crippen LogP contribution >= 0.6 is 15.9 Å². The maximum absolute atomic E-state index is 13.7. The van der Waals surface area contributed by atoms with E-state index < -0.39 is 33.4 Å². The van der Waals surface area contributed by atoms with Gasteiger partial charge in [0.1, 0.15) is 6.04 Å². The van der Waals surface area contributed by atoms with Crippen molar-refractivity contribution in [2.24, 2.45) is 0 Å². The predicted octanol–water partition coefficient (Wildman–Crippen LogP) is 5.08. The molecule has 1 atom stereocenters. The van der Waals surface area contributed by atoms with Crippen LogP contribution in [-0.4, -0.2) is 36.1 Å². The third kappa shape index (κ3) is 4.54. The summed E-state index contributed by atoms with van der Waals surface area (Å²) >= 11 is 3.32. The van der Waals surface area contributed by atoms with E-state index in [9.17, 15) is 18.0 Å². The lowest BCUT2D eigenvalue weighted by Gasteiger charge is -2.39. The molecular formula is C24H29BrN2O4S. The molecule has 0 bridgehead atoms. The van der Waals surface area contributed by atoms with Crippen LogP contribution < -0.4 is 4.90 Å². The first-order valence-corrected chi connectivity index (χ1v) is 12.9. The second-order valence-electron chi connectivity index (χ2n) is 8.95. The number of carbonyl (C=O) groups excluding carboxylic acids is 2. The summed E-state index contributed by atoms with van der Waals surface area (Å²) in [7, 11) is -4.04. The fraction of sp³-hybridized carbons (Fsp3) is 0.417. The number of halogens is 1. The number of rotatable bonds is 7. The minimum Gasteiger partial charge on any atom is -0.274 e. The molecule has 0 radical (unpaired) electrons. The standard InChI is InChI=1S/C24H29BrN2O4S/c1-6-24(4,5)27(32(30,31)20-13-9-18(25)10-14-20)21-15-22(28)26(23(21)29)19-11-7-17(8-12-19)16(2)3/h7-14,16,21H,6,15H2,1-5H3. The van der Waals surface area contributed by atoms with Crippen LogP contribution in [-0.2, 0) is 19.6 Å². The number of hydrogen-bond donors (Lipinski definition) is 0. The summed E-state index contributed by atoms with van der Waals surface area (Å²) in [5, 5.41) is 0. The van der Waals surface area contributed by atoms with Crippen LogP contribution in [0, 0.1) is 0 Å². The van der Waals surface area contributed by atoms with E-state index in [1.165, 1.54) is 16.4 Å². The average molecular weight is 521 g/mol. The number of hydrogen-bond acceptors (Lipinski definition) is 4. The van der Waals surface area contributed by atoms with Gasteiger partial charge in [-0.05, 0) is 68.1 Å². The summed E-state index contributed by atoms with van der Waals surface area (Å²) in [5.74, 6) is -0.603. The zero-order valence-electron chi connectivity index (χ0n) is 19.0. The molecule has 1 aliphatic rings. The number of amides is 2. The number of carbonyl (C=O) groups is 2. The topological polar surface area (TPSA) is 74.8 Å². The van der Waals surface area contributed by atoms with Crippen molar-refractivity contribution in [2.75, 3.05) is 4.90 Å². The van der Waals surface area contributed by atoms with Crippen LogP contribution in [0.15, 0.2) is 57.9 Å². The Bertz CT molecular complexity index is 1110. The Morgan fingerprint density at radius 3 is 2.12 bits per heavy atom. The highest BCUT2D eigenvalue weighted by Gasteiger charge is 2.51. The molecule has 0 N–H and O–H groups in total. The van der Waals surface area contributed by atoms with Crippen molar-refractivity contribution in [3.63, 3.8) is 0 Å². The SMILES string of the molecule is CCC(C)(C)N(C1CC(=O)N(c2ccc(C(C)C)cc2)C1=O)S(=O)(=O)c1ccc(Br)cc1. The predicted molar refractivity (Wildman–Crippen MR) is 129 cm³/mol. The largest absolute Gasteiger partial charge is 0.274 e. The maximum atomic E-state index is 13.7. The van der Waals surface area contributed by atoms with Gasteiger partial charge in [0.15, 0.2) is 0 Å². The van der Waals surface area contributed by atoms with Gasteiger partial charge in [0.2, 0.25) is 15.9 Å². The van der Waals surface area contributed by atoms with Gasteiger partial charge in [-0.2, -0.15) is 4.31 Å². The Kier molecular flexibility index (Phi) is 6.98. The van der Waals surface area contributed by atoms with Crippen LogP contribution in [0.2, 0.25) is 0 Å². The number of benzene rings is 2. The van der Waals surface area contributed by atoms with Gasteiger partial charge in [0, 0.05) is 10.0 Å². The van der Waals surface area contributed by atoms with Gasteiger partial charge in [-0.25, -0.2) is 13.3 Å². The lowest BCUT2D eigenvalue weighted by Crippen LogP contribution is -2.55. The number of imide groups is 1. The molecule has 1 unspecified atom stereocenters. The average Bonchev–Trinajstić information content (AvgIpc) is 3.01. The molecule has 3 rings (SSSR count). The van der Waals surface area contributed by atoms with Crippen molar-refractivity contribution in [1.29, 1.82) is 0 Å². The summed E-state index contributed by atoms with van der Waals surface area (Å²) in [4.78, 5) is 27.6. The molecular weight excluding hydrogens is 492 g/mol. The van der Waals surface area contributed by atoms with Gasteiger partial charge in [0.25, 0.3) is 5.91 Å². The highest BCUT2D eigenvalue weighted by Crippen LogP contribution is 2.36. The van der Waals surface area contributed by atoms with Gasteiger partial charge >= 0.3 is 0 Å². The summed E-state index contributed by atoms with van der Waals surface area (Å²) in [6, 6.07) is 12.5. The Hall–Kier alpha value is -2.03. The van der Waals surface area contributed by atoms with E-state index >= 15 is 0 Å². The Labute approximate surface area is 198 Å². The first-order chi connectivity index (χ1) is 14.9. The van der Waals surface area contributed by atoms with Gasteiger partial charge < -0.3 is 0 Å². The van der Waals surface area contributed by atoms with Crippen molar-refractivity contribution in [1.82, 2.24) is 4.31 Å². The lowest BCUT2D eigenvalue weighted by atomic mass is 10.00. The quantitative estimate of drug-likeness (QED) is 0.476. The van der Waals surface area contributed by atoms with Crippen LogP contribution in [0.4, 0.5) is 5.69 Å². The molecule has 0 saturated carbocycles. The molecule has 1 saturated heterocycles. The monoisotopic (exact) mass is 520 g/mol. The van der Waals surface area contributed by atoms with Crippen molar-refractivity contribution >= 4 is 43.5 Å². The highest BCUT2D eigenvalue weighted by atomic mass is 79.9. The van der Waals surface area contributed by atoms with Crippen LogP contribution in [0.1, 0.15) is 58.9 Å². The molecule has 1 heterocycles. The van der Waals surface area contributed by atoms with E-state index in [1.54, 1.807) is 38.1 Å². The van der Waals surface area contributed by atoms with Gasteiger partial charge in [-0.1, -0.05) is 48.8 Å². The molecule has 1 aliphatic heterocycles. The van der Waals surface area contributed by atoms with E-state index in [1.807, 2.05) is 19.1 Å². The van der Waals surface area contributed by atoms with Gasteiger partial charge in [-0.3, -0.25) is 9.59 Å². The summed E-state index contributed by atoms with van der Waals surface area (Å²) in [6.07, 6.45) is 0.285. The minimum absolute atomic E-state index is 0.0854. The zero-order valence-corrected chi connectivity index (χ0v) is 21.4. The molecule has 0 aliphatic carbocycles. The van der Waals surface area contributed by atoms with Gasteiger partial charge in [0.05, 0.1) is 17.0 Å². The molecule has 0 aromatic heterocycles. The number of anilines is 1. The fourth-order valence-electron chi connectivity index (χ4n) is 3.87. The summed E-state index contributed by atoms with van der Waals surface area (Å²) in [6.45, 7) is 9.56. The Balaban J connectivity index is 2.04. The smallest absolute Gasteiger partial charge is 0.252 e. The first-order valence-electron chi connectivity index (χ1n) is 10.7. The molecule has 32 heavy (non-hydrogen) atoms. The minimum atomic E-state index is -4.04. The zero-order chi connectivity index (χ0) is 23.8. The van der Waals surface area contributed by atoms with Crippen molar-refractivity contribution in [3.05, 3.63) is 58.6 Å². The fourth-order valence-corrected chi connectivity index (χ4v) is 6.12. The van der Waals surface area contributed by atoms with Crippen LogP contribution in [0.3, 0.4) is 0 Å². The lowest BCUT2D eigenvalue weighted by molar-refractivity contribution is -0.122. The molecule has 172 valence electrons. The van der Waals surface area contributed by atoms with Crippen molar-refractivity contribution < 1.29 is 18.0 Å². The third-order valence-electron chi connectivity index (χ3n) is 6.06. The highest BCUT2D eigenvalue weighted by molar-refractivity contribution is 9.10. The maximum Gasteiger partial charge on any atom is 0.252 e. The summed E-state index contributed by atoms with van der Waals surface area (Å²) in [5.41, 5.74) is 0.683. The van der Waals surface area contributed by atoms with E-state index in [2.05, 4.69) is 29.8 Å². The van der Waals surface area contributed by atoms with E-state index in [4.69, 9.17) is 0 Å². The van der Waals surface area contributed by atoms with E-state index in [0.29, 0.717) is 18.0 Å². The molecule has 6 nitrogen and oxygen atoms in total. The van der Waals surface area contributed by atoms with Crippen LogP contribution in [0.5, 0.6) is 0 Å². The first kappa shape index (κ1) is 24.6. The van der Waals surface area contributed by atoms with E-state index in [0.717, 1.165) is 14.9 Å². The van der Waals surface area contributed by atoms with E-state index in [-0.39, 0.29) is 11.3 Å². The Morgan fingerprint density at radius 2 is 1.62 bits per heavy atom. The Morgan fingerprint density at radius 1 is 1.06 bits per heavy atom. The van der Waals surface area contributed by atoms with Crippen molar-refractivity contribution in [3.8, 4) is 0 Å². The third-order valence-corrected chi connectivity index (χ3v) is 8.72. The molecule has 2 aromatic carbocycles. The normalized spacial score (nSPS) is 17.6. The molecule has 0 spiro atoms. The van der Waals surface area contributed by atoms with Crippen molar-refractivity contribution in [2.45, 2.75) is 69.9 Å². The molecule has 1 fully saturated rings. The molecule has 2 aromatic rings. The molecule has 2 amide bonds. The van der Waals surface area contributed by atoms with Crippen LogP contribution in [0.25, 0.3) is 0 Å². The van der Waals surface area contributed by atoms with Gasteiger partial charge in [-0.15, -0.1) is 0 Å². The summed E-state index contributed by atoms with van der Waals surface area (Å²) < 4.78 is 29.3. The molecule has 8 heteroatoms. The second-order valence-corrected chi connectivity index (χ2v) is 11.7. The number of sulfonamides is 1.